The van der Waals surface area contributed by atoms with Crippen LogP contribution in [0, 0.1) is 0 Å². The summed E-state index contributed by atoms with van der Waals surface area (Å²) in [4.78, 5) is 0. The summed E-state index contributed by atoms with van der Waals surface area (Å²) in [5.74, 6) is 0. The summed E-state index contributed by atoms with van der Waals surface area (Å²) < 4.78 is 1.05. The summed E-state index contributed by atoms with van der Waals surface area (Å²) in [7, 11) is 0. The molecule has 0 saturated carbocycles. The molecule has 0 amide bonds. The highest BCUT2D eigenvalue weighted by Crippen LogP contribution is 2.23. The van der Waals surface area contributed by atoms with Crippen LogP contribution in [0.4, 0.5) is 5.69 Å². The second-order valence-electron chi connectivity index (χ2n) is 4.26. The second kappa shape index (κ2) is 5.23. The van der Waals surface area contributed by atoms with Gasteiger partial charge in [-0.25, -0.2) is 0 Å². The number of aromatic amines is 1. The minimum absolute atomic E-state index is 0.713. The zero-order valence-corrected chi connectivity index (χ0v) is 12.3. The molecule has 0 atom stereocenters. The van der Waals surface area contributed by atoms with Crippen LogP contribution in [0.1, 0.15) is 5.56 Å². The van der Waals surface area contributed by atoms with Gasteiger partial charge in [0.05, 0.1) is 11.7 Å². The first-order valence-corrected chi connectivity index (χ1v) is 7.00. The molecule has 0 radical (unpaired) electrons. The number of nitrogens with one attached hydrogen (secondary N) is 2. The van der Waals surface area contributed by atoms with Crippen molar-refractivity contribution >= 4 is 44.1 Å². The van der Waals surface area contributed by atoms with Crippen LogP contribution in [0.3, 0.4) is 0 Å². The number of fused-ring (bicyclic) bond motifs is 1. The third-order valence-electron chi connectivity index (χ3n) is 2.93. The van der Waals surface area contributed by atoms with E-state index in [2.05, 4.69) is 37.5 Å². The number of anilines is 1. The third-order valence-corrected chi connectivity index (χ3v) is 3.94. The van der Waals surface area contributed by atoms with Crippen LogP contribution < -0.4 is 5.32 Å². The van der Waals surface area contributed by atoms with Crippen LogP contribution in [-0.2, 0) is 6.54 Å². The molecule has 1 aromatic heterocycles. The average Bonchev–Trinajstić information content (AvgIpc) is 2.87. The fraction of sp³-hybridized carbons (Fsp3) is 0.0714. The van der Waals surface area contributed by atoms with Gasteiger partial charge in [-0.3, -0.25) is 5.10 Å². The first-order chi connectivity index (χ1) is 9.22. The van der Waals surface area contributed by atoms with Crippen molar-refractivity contribution in [2.45, 2.75) is 6.54 Å². The van der Waals surface area contributed by atoms with Crippen LogP contribution in [0.15, 0.2) is 47.1 Å². The van der Waals surface area contributed by atoms with Crippen molar-refractivity contribution < 1.29 is 0 Å². The van der Waals surface area contributed by atoms with Crippen LogP contribution in [0.2, 0.25) is 5.02 Å². The summed E-state index contributed by atoms with van der Waals surface area (Å²) in [5.41, 5.74) is 3.22. The number of hydrogen-bond donors (Lipinski definition) is 2. The lowest BCUT2D eigenvalue weighted by Gasteiger charge is -2.09. The molecule has 0 aliphatic rings. The smallest absolute Gasteiger partial charge is 0.0651 e. The van der Waals surface area contributed by atoms with Gasteiger partial charge in [-0.2, -0.15) is 5.10 Å². The van der Waals surface area contributed by atoms with Gasteiger partial charge < -0.3 is 5.32 Å². The maximum absolute atomic E-state index is 6.00. The van der Waals surface area contributed by atoms with Crippen molar-refractivity contribution in [2.75, 3.05) is 5.32 Å². The molecular formula is C14H11BrClN3. The number of halogens is 2. The standard InChI is InChI=1S/C14H11BrClN3/c15-13-3-1-11(16)5-9(13)7-17-12-2-4-14-10(6-12)8-18-19-14/h1-6,8,17H,7H2,(H,18,19). The van der Waals surface area contributed by atoms with Crippen molar-refractivity contribution in [1.82, 2.24) is 10.2 Å². The van der Waals surface area contributed by atoms with E-state index in [-0.39, 0.29) is 0 Å². The predicted octanol–water partition coefficient (Wildman–Crippen LogP) is 4.59. The summed E-state index contributed by atoms with van der Waals surface area (Å²) in [6.07, 6.45) is 1.82. The van der Waals surface area contributed by atoms with Crippen LogP contribution in [0.5, 0.6) is 0 Å². The third kappa shape index (κ3) is 2.74. The van der Waals surface area contributed by atoms with Gasteiger partial charge in [-0.15, -0.1) is 0 Å². The van der Waals surface area contributed by atoms with E-state index in [9.17, 15) is 0 Å². The summed E-state index contributed by atoms with van der Waals surface area (Å²) in [6.45, 7) is 0.713. The maximum Gasteiger partial charge on any atom is 0.0651 e. The lowest BCUT2D eigenvalue weighted by atomic mass is 10.2. The largest absolute Gasteiger partial charge is 0.381 e. The number of nitrogens with zero attached hydrogens (tertiary/aromatic N) is 1. The first-order valence-electron chi connectivity index (χ1n) is 5.83. The number of hydrogen-bond acceptors (Lipinski definition) is 2. The highest BCUT2D eigenvalue weighted by molar-refractivity contribution is 9.10. The molecule has 1 heterocycles. The minimum atomic E-state index is 0.713. The van der Waals surface area contributed by atoms with E-state index in [0.717, 1.165) is 31.6 Å². The molecule has 0 spiro atoms. The monoisotopic (exact) mass is 335 g/mol. The Morgan fingerprint density at radius 1 is 1.21 bits per heavy atom. The molecule has 0 bridgehead atoms. The molecule has 3 rings (SSSR count). The summed E-state index contributed by atoms with van der Waals surface area (Å²) in [5, 5.41) is 12.2. The minimum Gasteiger partial charge on any atom is -0.381 e. The Kier molecular flexibility index (Phi) is 3.44. The Balaban J connectivity index is 1.79. The Morgan fingerprint density at radius 3 is 3.00 bits per heavy atom. The van der Waals surface area contributed by atoms with E-state index < -0.39 is 0 Å². The van der Waals surface area contributed by atoms with Crippen LogP contribution in [-0.4, -0.2) is 10.2 Å². The van der Waals surface area contributed by atoms with E-state index in [1.165, 1.54) is 0 Å². The molecule has 3 aromatic rings. The average molecular weight is 337 g/mol. The van der Waals surface area contributed by atoms with Gasteiger partial charge in [0.25, 0.3) is 0 Å². The molecule has 2 aromatic carbocycles. The topological polar surface area (TPSA) is 40.7 Å². The van der Waals surface area contributed by atoms with Crippen molar-refractivity contribution in [1.29, 1.82) is 0 Å². The molecule has 0 aliphatic carbocycles. The van der Waals surface area contributed by atoms with E-state index in [4.69, 9.17) is 11.6 Å². The van der Waals surface area contributed by atoms with Crippen molar-refractivity contribution in [3.05, 3.63) is 57.7 Å². The van der Waals surface area contributed by atoms with Crippen LogP contribution >= 0.6 is 27.5 Å². The predicted molar refractivity (Wildman–Crippen MR) is 82.6 cm³/mol. The van der Waals surface area contributed by atoms with E-state index in [1.54, 1.807) is 0 Å². The van der Waals surface area contributed by atoms with E-state index >= 15 is 0 Å². The second-order valence-corrected chi connectivity index (χ2v) is 5.55. The van der Waals surface area contributed by atoms with Gasteiger partial charge >= 0.3 is 0 Å². The molecule has 0 aliphatic heterocycles. The normalized spacial score (nSPS) is 10.8. The van der Waals surface area contributed by atoms with E-state index in [0.29, 0.717) is 6.54 Å². The lowest BCUT2D eigenvalue weighted by molar-refractivity contribution is 1.12. The summed E-state index contributed by atoms with van der Waals surface area (Å²) >= 11 is 9.52. The van der Waals surface area contributed by atoms with Crippen LogP contribution in [0.25, 0.3) is 10.9 Å². The van der Waals surface area contributed by atoms with Gasteiger partial charge in [-0.05, 0) is 42.0 Å². The molecule has 0 saturated heterocycles. The number of H-pyrrole nitrogens is 1. The molecule has 2 N–H and O–H groups in total. The Morgan fingerprint density at radius 2 is 2.11 bits per heavy atom. The zero-order chi connectivity index (χ0) is 13.2. The lowest BCUT2D eigenvalue weighted by Crippen LogP contribution is -2.00. The van der Waals surface area contributed by atoms with Gasteiger partial charge in [0.1, 0.15) is 0 Å². The van der Waals surface area contributed by atoms with Crippen molar-refractivity contribution in [3.63, 3.8) is 0 Å². The van der Waals surface area contributed by atoms with Gasteiger partial charge in [-0.1, -0.05) is 27.5 Å². The van der Waals surface area contributed by atoms with Gasteiger partial charge in [0.2, 0.25) is 0 Å². The maximum atomic E-state index is 6.00. The fourth-order valence-corrected chi connectivity index (χ4v) is 2.51. The molecule has 0 fully saturated rings. The Labute approximate surface area is 124 Å². The molecule has 96 valence electrons. The Hall–Kier alpha value is -1.52. The molecular weight excluding hydrogens is 326 g/mol. The first kappa shape index (κ1) is 12.5. The zero-order valence-electron chi connectivity index (χ0n) is 9.95. The van der Waals surface area contributed by atoms with Crippen molar-refractivity contribution in [3.8, 4) is 0 Å². The van der Waals surface area contributed by atoms with Gasteiger partial charge in [0.15, 0.2) is 0 Å². The fourth-order valence-electron chi connectivity index (χ4n) is 1.93. The van der Waals surface area contributed by atoms with E-state index in [1.807, 2.05) is 36.5 Å². The summed E-state index contributed by atoms with van der Waals surface area (Å²) in [6, 6.07) is 11.9. The van der Waals surface area contributed by atoms with Crippen molar-refractivity contribution in [2.24, 2.45) is 0 Å². The molecule has 19 heavy (non-hydrogen) atoms. The Bertz CT molecular complexity index is 724. The number of rotatable bonds is 3. The number of aromatic nitrogens is 2. The highest BCUT2D eigenvalue weighted by atomic mass is 79.9. The highest BCUT2D eigenvalue weighted by Gasteiger charge is 2.02. The molecule has 5 heteroatoms. The quantitative estimate of drug-likeness (QED) is 0.734. The van der Waals surface area contributed by atoms with Gasteiger partial charge in [0, 0.05) is 27.1 Å². The molecule has 3 nitrogen and oxygen atoms in total. The number of benzene rings is 2. The molecule has 0 unspecified atom stereocenters. The SMILES string of the molecule is Clc1ccc(Br)c(CNc2ccc3[nH]ncc3c2)c1.